The lowest BCUT2D eigenvalue weighted by atomic mass is 10.1. The molecule has 2 aromatic carbocycles. The van der Waals surface area contributed by atoms with Gasteiger partial charge in [-0.3, -0.25) is 15.3 Å². The second kappa shape index (κ2) is 8.57. The van der Waals surface area contributed by atoms with E-state index in [-0.39, 0.29) is 22.3 Å². The molecule has 0 aliphatic heterocycles. The van der Waals surface area contributed by atoms with Crippen LogP contribution < -0.4 is 16.1 Å². The summed E-state index contributed by atoms with van der Waals surface area (Å²) < 4.78 is 37.9. The van der Waals surface area contributed by atoms with Crippen molar-refractivity contribution in [3.63, 3.8) is 0 Å². The van der Waals surface area contributed by atoms with E-state index in [1.807, 2.05) is 0 Å². The monoisotopic (exact) mass is 403 g/mol. The number of nitrogens with one attached hydrogen (secondary N) is 3. The number of amides is 1. The van der Waals surface area contributed by atoms with Crippen molar-refractivity contribution in [2.45, 2.75) is 25.5 Å². The first-order valence-corrected chi connectivity index (χ1v) is 8.11. The van der Waals surface area contributed by atoms with Gasteiger partial charge in [0.2, 0.25) is 0 Å². The number of hydrogen-bond donors (Lipinski definition) is 5. The molecule has 0 aromatic heterocycles. The van der Waals surface area contributed by atoms with E-state index in [1.165, 1.54) is 17.6 Å². The van der Waals surface area contributed by atoms with Crippen LogP contribution in [0.5, 0.6) is 0 Å². The Kier molecular flexibility index (Phi) is 6.66. The molecule has 5 N–H and O–H groups in total. The molecule has 0 saturated carbocycles. The highest BCUT2D eigenvalue weighted by molar-refractivity contribution is 6.33. The number of anilines is 1. The van der Waals surface area contributed by atoms with Crippen molar-refractivity contribution in [3.05, 3.63) is 64.2 Å². The zero-order valence-electron chi connectivity index (χ0n) is 14.0. The van der Waals surface area contributed by atoms with E-state index in [0.717, 1.165) is 23.8 Å². The van der Waals surface area contributed by atoms with Crippen molar-refractivity contribution in [1.82, 2.24) is 10.8 Å². The number of halogens is 4. The van der Waals surface area contributed by atoms with Crippen LogP contribution >= 0.6 is 11.6 Å². The first-order chi connectivity index (χ1) is 12.6. The highest BCUT2D eigenvalue weighted by Crippen LogP contribution is 2.33. The third-order valence-electron chi connectivity index (χ3n) is 3.77. The minimum Gasteiger partial charge on any atom is -0.361 e. The quantitative estimate of drug-likeness (QED) is 0.289. The summed E-state index contributed by atoms with van der Waals surface area (Å²) in [5.74, 6) is -0.652. The number of aliphatic hydroxyl groups excluding tert-OH is 1. The summed E-state index contributed by atoms with van der Waals surface area (Å²) in [4.78, 5) is 11.3. The Bertz CT molecular complexity index is 800. The first kappa shape index (κ1) is 21.0. The van der Waals surface area contributed by atoms with Gasteiger partial charge in [-0.1, -0.05) is 23.7 Å². The van der Waals surface area contributed by atoms with Crippen LogP contribution in [0.2, 0.25) is 5.02 Å². The molecule has 2 unspecified atom stereocenters. The van der Waals surface area contributed by atoms with Crippen molar-refractivity contribution in [2.75, 3.05) is 5.32 Å². The lowest BCUT2D eigenvalue weighted by Crippen LogP contribution is -2.37. The molecule has 1 amide bonds. The summed E-state index contributed by atoms with van der Waals surface area (Å²) in [5.41, 5.74) is 1.74. The lowest BCUT2D eigenvalue weighted by molar-refractivity contribution is -0.137. The zero-order valence-corrected chi connectivity index (χ0v) is 14.8. The van der Waals surface area contributed by atoms with E-state index in [4.69, 9.17) is 16.8 Å². The van der Waals surface area contributed by atoms with E-state index >= 15 is 0 Å². The van der Waals surface area contributed by atoms with Gasteiger partial charge in [0.25, 0.3) is 5.91 Å². The summed E-state index contributed by atoms with van der Waals surface area (Å²) in [6.45, 7) is 1.74. The van der Waals surface area contributed by atoms with Crippen molar-refractivity contribution in [3.8, 4) is 0 Å². The summed E-state index contributed by atoms with van der Waals surface area (Å²) >= 11 is 5.83. The lowest BCUT2D eigenvalue weighted by Gasteiger charge is -2.22. The van der Waals surface area contributed by atoms with Crippen LogP contribution in [0.3, 0.4) is 0 Å². The number of alkyl halides is 3. The topological polar surface area (TPSA) is 93.6 Å². The summed E-state index contributed by atoms with van der Waals surface area (Å²) in [5, 5.41) is 23.8. The molecule has 6 nitrogen and oxygen atoms in total. The largest absolute Gasteiger partial charge is 0.416 e. The van der Waals surface area contributed by atoms with Crippen molar-refractivity contribution in [2.24, 2.45) is 0 Å². The molecule has 2 atom stereocenters. The molecule has 0 heterocycles. The fourth-order valence-corrected chi connectivity index (χ4v) is 2.55. The van der Waals surface area contributed by atoms with Crippen LogP contribution in [0.4, 0.5) is 18.9 Å². The van der Waals surface area contributed by atoms with E-state index in [2.05, 4.69) is 10.6 Å². The van der Waals surface area contributed by atoms with Crippen LogP contribution in [0.1, 0.15) is 34.5 Å². The maximum absolute atomic E-state index is 12.6. The van der Waals surface area contributed by atoms with Crippen molar-refractivity contribution in [1.29, 1.82) is 0 Å². The van der Waals surface area contributed by atoms with Gasteiger partial charge in [0.15, 0.2) is 6.35 Å². The molecule has 0 fully saturated rings. The molecule has 0 radical (unpaired) electrons. The van der Waals surface area contributed by atoms with Gasteiger partial charge in [-0.05, 0) is 42.8 Å². The van der Waals surface area contributed by atoms with Gasteiger partial charge in [0, 0.05) is 11.6 Å². The molecule has 2 aromatic rings. The van der Waals surface area contributed by atoms with E-state index in [1.54, 1.807) is 19.1 Å². The number of aliphatic hydroxyl groups is 1. The Morgan fingerprint density at radius 3 is 2.30 bits per heavy atom. The minimum absolute atomic E-state index is 0.131. The SMILES string of the molecule is CC(NC(O)Nc1ccc(C(F)(F)F)cc1Cl)c1ccc(C(=O)NO)cc1. The first-order valence-electron chi connectivity index (χ1n) is 7.73. The fourth-order valence-electron chi connectivity index (χ4n) is 2.32. The Hall–Kier alpha value is -2.33. The molecule has 2 rings (SSSR count). The van der Waals surface area contributed by atoms with Crippen LogP contribution in [-0.2, 0) is 6.18 Å². The molecule has 0 aliphatic rings. The predicted molar refractivity (Wildman–Crippen MR) is 93.3 cm³/mol. The summed E-state index contributed by atoms with van der Waals surface area (Å²) in [6.07, 6.45) is -5.80. The Labute approximate surface area is 157 Å². The molecule has 0 aliphatic carbocycles. The molecule has 0 spiro atoms. The number of hydrogen-bond acceptors (Lipinski definition) is 5. The number of carbonyl (C=O) groups is 1. The Morgan fingerprint density at radius 1 is 1.15 bits per heavy atom. The van der Waals surface area contributed by atoms with Gasteiger partial charge in [-0.15, -0.1) is 0 Å². The third kappa shape index (κ3) is 5.57. The van der Waals surface area contributed by atoms with Crippen LogP contribution in [0, 0.1) is 0 Å². The number of carbonyl (C=O) groups excluding carboxylic acids is 1. The van der Waals surface area contributed by atoms with E-state index in [9.17, 15) is 23.1 Å². The van der Waals surface area contributed by atoms with E-state index in [0.29, 0.717) is 0 Å². The van der Waals surface area contributed by atoms with Gasteiger partial charge >= 0.3 is 6.18 Å². The molecule has 0 saturated heterocycles. The summed E-state index contributed by atoms with van der Waals surface area (Å²) in [6, 6.07) is 8.62. The van der Waals surface area contributed by atoms with Gasteiger partial charge < -0.3 is 10.4 Å². The smallest absolute Gasteiger partial charge is 0.361 e. The van der Waals surface area contributed by atoms with Crippen LogP contribution in [0.25, 0.3) is 0 Å². The second-order valence-corrected chi connectivity index (χ2v) is 6.10. The number of rotatable bonds is 6. The molecular formula is C17H17ClF3N3O3. The minimum atomic E-state index is -4.51. The van der Waals surface area contributed by atoms with Gasteiger partial charge in [-0.2, -0.15) is 13.2 Å². The van der Waals surface area contributed by atoms with Gasteiger partial charge in [-0.25, -0.2) is 5.48 Å². The zero-order chi connectivity index (χ0) is 20.2. The van der Waals surface area contributed by atoms with Crippen LogP contribution in [-0.4, -0.2) is 22.6 Å². The number of hydroxylamine groups is 1. The highest BCUT2D eigenvalue weighted by atomic mass is 35.5. The third-order valence-corrected chi connectivity index (χ3v) is 4.08. The Balaban J connectivity index is 2.00. The van der Waals surface area contributed by atoms with E-state index < -0.39 is 24.0 Å². The highest BCUT2D eigenvalue weighted by Gasteiger charge is 2.31. The Morgan fingerprint density at radius 2 is 1.78 bits per heavy atom. The average molecular weight is 404 g/mol. The second-order valence-electron chi connectivity index (χ2n) is 5.69. The average Bonchev–Trinajstić information content (AvgIpc) is 2.61. The van der Waals surface area contributed by atoms with Crippen LogP contribution in [0.15, 0.2) is 42.5 Å². The molecule has 146 valence electrons. The molecule has 10 heteroatoms. The molecular weight excluding hydrogens is 387 g/mol. The maximum Gasteiger partial charge on any atom is 0.416 e. The predicted octanol–water partition coefficient (Wildman–Crippen LogP) is 3.52. The van der Waals surface area contributed by atoms with Gasteiger partial charge in [0.05, 0.1) is 16.3 Å². The van der Waals surface area contributed by atoms with Gasteiger partial charge in [0.1, 0.15) is 0 Å². The molecule has 27 heavy (non-hydrogen) atoms. The van der Waals surface area contributed by atoms with Crippen molar-refractivity contribution < 1.29 is 28.3 Å². The molecule has 0 bridgehead atoms. The van der Waals surface area contributed by atoms with Crippen molar-refractivity contribution >= 4 is 23.2 Å². The standard InChI is InChI=1S/C17H17ClF3N3O3/c1-9(10-2-4-11(5-3-10)15(25)24-27)22-16(26)23-14-7-6-12(8-13(14)18)17(19,20)21/h2-9,16,22-23,26-27H,1H3,(H,24,25). The summed E-state index contributed by atoms with van der Waals surface area (Å²) in [7, 11) is 0. The maximum atomic E-state index is 12.6. The fraction of sp³-hybridized carbons (Fsp3) is 0.235. The normalized spacial score (nSPS) is 13.7. The number of benzene rings is 2.